The molecule has 0 aromatic heterocycles. The molecule has 2 aliphatic heterocycles. The standard InChI is InChI=1S/C16H22N2O2.ClH/c1-12-2-4-13(5-3-12)15(19)18-8-6-16(7-9-18)10-14(17)11-20-16;/h2-5,14H,6-11,17H2,1H3;1H. The minimum atomic E-state index is -0.0660. The van der Waals surface area contributed by atoms with E-state index in [1.54, 1.807) is 0 Å². The number of likely N-dealkylation sites (tertiary alicyclic amines) is 1. The fraction of sp³-hybridized carbons (Fsp3) is 0.562. The summed E-state index contributed by atoms with van der Waals surface area (Å²) in [5.41, 5.74) is 7.82. The van der Waals surface area contributed by atoms with Crippen LogP contribution in [0.5, 0.6) is 0 Å². The third-order valence-corrected chi connectivity index (χ3v) is 4.50. The van der Waals surface area contributed by atoms with Crippen LogP contribution in [0.2, 0.25) is 0 Å². The quantitative estimate of drug-likeness (QED) is 0.864. The van der Waals surface area contributed by atoms with Crippen LogP contribution in [-0.4, -0.2) is 42.1 Å². The molecule has 0 radical (unpaired) electrons. The van der Waals surface area contributed by atoms with Gasteiger partial charge in [-0.25, -0.2) is 0 Å². The molecule has 2 saturated heterocycles. The molecule has 1 aromatic carbocycles. The minimum Gasteiger partial charge on any atom is -0.373 e. The maximum Gasteiger partial charge on any atom is 0.253 e. The van der Waals surface area contributed by atoms with Crippen LogP contribution < -0.4 is 5.73 Å². The number of carbonyl (C=O) groups excluding carboxylic acids is 1. The Balaban J connectivity index is 0.00000161. The third kappa shape index (κ3) is 3.39. The van der Waals surface area contributed by atoms with E-state index < -0.39 is 0 Å². The average Bonchev–Trinajstić information content (AvgIpc) is 2.81. The number of amides is 1. The Morgan fingerprint density at radius 3 is 2.43 bits per heavy atom. The lowest BCUT2D eigenvalue weighted by atomic mass is 9.87. The van der Waals surface area contributed by atoms with Crippen molar-refractivity contribution in [1.82, 2.24) is 4.90 Å². The molecule has 0 aliphatic carbocycles. The maximum atomic E-state index is 12.4. The van der Waals surface area contributed by atoms with Crippen molar-refractivity contribution < 1.29 is 9.53 Å². The van der Waals surface area contributed by atoms with Gasteiger partial charge in [0.05, 0.1) is 12.2 Å². The lowest BCUT2D eigenvalue weighted by Crippen LogP contribution is -2.46. The fourth-order valence-corrected chi connectivity index (χ4v) is 3.22. The second-order valence-corrected chi connectivity index (χ2v) is 6.12. The second-order valence-electron chi connectivity index (χ2n) is 6.12. The molecule has 1 atom stereocenters. The molecular weight excluding hydrogens is 288 g/mol. The molecule has 3 rings (SSSR count). The molecule has 4 nitrogen and oxygen atoms in total. The highest BCUT2D eigenvalue weighted by Crippen LogP contribution is 2.35. The van der Waals surface area contributed by atoms with Gasteiger partial charge in [0, 0.05) is 24.7 Å². The van der Waals surface area contributed by atoms with Crippen molar-refractivity contribution in [2.75, 3.05) is 19.7 Å². The molecular formula is C16H23ClN2O2. The van der Waals surface area contributed by atoms with Gasteiger partial charge in [-0.15, -0.1) is 12.4 Å². The van der Waals surface area contributed by atoms with Crippen LogP contribution in [0.15, 0.2) is 24.3 Å². The Bertz CT molecular complexity index is 496. The van der Waals surface area contributed by atoms with Crippen molar-refractivity contribution in [3.8, 4) is 0 Å². The maximum absolute atomic E-state index is 12.4. The number of ether oxygens (including phenoxy) is 1. The smallest absolute Gasteiger partial charge is 0.253 e. The molecule has 21 heavy (non-hydrogen) atoms. The zero-order valence-corrected chi connectivity index (χ0v) is 13.2. The van der Waals surface area contributed by atoms with Gasteiger partial charge in [0.25, 0.3) is 5.91 Å². The lowest BCUT2D eigenvalue weighted by Gasteiger charge is -2.38. The average molecular weight is 311 g/mol. The Kier molecular flexibility index (Phi) is 4.91. The molecule has 1 spiro atoms. The van der Waals surface area contributed by atoms with E-state index in [-0.39, 0.29) is 30.0 Å². The van der Waals surface area contributed by atoms with Crippen LogP contribution in [-0.2, 0) is 4.74 Å². The number of nitrogens with zero attached hydrogens (tertiary/aromatic N) is 1. The predicted octanol–water partition coefficient (Wildman–Crippen LogP) is 2.14. The zero-order valence-electron chi connectivity index (χ0n) is 12.4. The SMILES string of the molecule is Cc1ccc(C(=O)N2CCC3(CC2)CC(N)CO3)cc1.Cl. The van der Waals surface area contributed by atoms with E-state index in [4.69, 9.17) is 10.5 Å². The monoisotopic (exact) mass is 310 g/mol. The second kappa shape index (κ2) is 6.34. The fourth-order valence-electron chi connectivity index (χ4n) is 3.22. The third-order valence-electron chi connectivity index (χ3n) is 4.50. The van der Waals surface area contributed by atoms with E-state index in [1.165, 1.54) is 5.56 Å². The normalized spacial score (nSPS) is 23.9. The lowest BCUT2D eigenvalue weighted by molar-refractivity contribution is -0.0388. The number of halogens is 1. The summed E-state index contributed by atoms with van der Waals surface area (Å²) in [6.07, 6.45) is 2.73. The predicted molar refractivity (Wildman–Crippen MR) is 84.8 cm³/mol. The first-order valence-corrected chi connectivity index (χ1v) is 7.33. The van der Waals surface area contributed by atoms with E-state index in [0.717, 1.165) is 37.9 Å². The summed E-state index contributed by atoms with van der Waals surface area (Å²) in [6.45, 7) is 4.21. The number of carbonyl (C=O) groups is 1. The number of aryl methyl sites for hydroxylation is 1. The van der Waals surface area contributed by atoms with Crippen molar-refractivity contribution in [2.45, 2.75) is 37.8 Å². The summed E-state index contributed by atoms with van der Waals surface area (Å²) in [5.74, 6) is 0.127. The van der Waals surface area contributed by atoms with Crippen molar-refractivity contribution >= 4 is 18.3 Å². The zero-order chi connectivity index (χ0) is 14.2. The number of piperidine rings is 1. The van der Waals surface area contributed by atoms with Gasteiger partial charge in [0.1, 0.15) is 0 Å². The number of nitrogens with two attached hydrogens (primary N) is 1. The van der Waals surface area contributed by atoms with Gasteiger partial charge in [-0.3, -0.25) is 4.79 Å². The van der Waals surface area contributed by atoms with Gasteiger partial charge in [-0.05, 0) is 38.3 Å². The van der Waals surface area contributed by atoms with Crippen molar-refractivity contribution in [3.63, 3.8) is 0 Å². The number of rotatable bonds is 1. The largest absolute Gasteiger partial charge is 0.373 e. The Morgan fingerprint density at radius 1 is 1.29 bits per heavy atom. The van der Waals surface area contributed by atoms with Crippen LogP contribution in [0.4, 0.5) is 0 Å². The van der Waals surface area contributed by atoms with E-state index in [9.17, 15) is 4.79 Å². The summed E-state index contributed by atoms with van der Waals surface area (Å²) in [4.78, 5) is 14.4. The van der Waals surface area contributed by atoms with Crippen LogP contribution in [0.25, 0.3) is 0 Å². The first kappa shape index (κ1) is 16.3. The topological polar surface area (TPSA) is 55.6 Å². The van der Waals surface area contributed by atoms with Gasteiger partial charge in [0.2, 0.25) is 0 Å². The van der Waals surface area contributed by atoms with Crippen LogP contribution in [0, 0.1) is 6.92 Å². The first-order chi connectivity index (χ1) is 9.58. The van der Waals surface area contributed by atoms with Crippen LogP contribution in [0.1, 0.15) is 35.2 Å². The van der Waals surface area contributed by atoms with Crippen molar-refractivity contribution in [1.29, 1.82) is 0 Å². The highest BCUT2D eigenvalue weighted by atomic mass is 35.5. The Hall–Kier alpha value is -1.10. The molecule has 5 heteroatoms. The van der Waals surface area contributed by atoms with Crippen LogP contribution >= 0.6 is 12.4 Å². The van der Waals surface area contributed by atoms with E-state index >= 15 is 0 Å². The van der Waals surface area contributed by atoms with Gasteiger partial charge >= 0.3 is 0 Å². The summed E-state index contributed by atoms with van der Waals surface area (Å²) in [7, 11) is 0. The van der Waals surface area contributed by atoms with Crippen molar-refractivity contribution in [3.05, 3.63) is 35.4 Å². The van der Waals surface area contributed by atoms with Crippen LogP contribution in [0.3, 0.4) is 0 Å². The summed E-state index contributed by atoms with van der Waals surface area (Å²) in [6, 6.07) is 7.94. The summed E-state index contributed by atoms with van der Waals surface area (Å²) in [5, 5.41) is 0. The van der Waals surface area contributed by atoms with Crippen molar-refractivity contribution in [2.24, 2.45) is 5.73 Å². The molecule has 1 aromatic rings. The molecule has 1 amide bonds. The molecule has 0 bridgehead atoms. The van der Waals surface area contributed by atoms with Gasteiger partial charge in [-0.1, -0.05) is 17.7 Å². The summed E-state index contributed by atoms with van der Waals surface area (Å²) >= 11 is 0. The van der Waals surface area contributed by atoms with Gasteiger partial charge in [-0.2, -0.15) is 0 Å². The van der Waals surface area contributed by atoms with E-state index in [0.29, 0.717) is 6.61 Å². The summed E-state index contributed by atoms with van der Waals surface area (Å²) < 4.78 is 5.88. The number of benzene rings is 1. The molecule has 2 aliphatic rings. The molecule has 2 fully saturated rings. The van der Waals surface area contributed by atoms with E-state index in [2.05, 4.69) is 0 Å². The number of hydrogen-bond acceptors (Lipinski definition) is 3. The number of hydrogen-bond donors (Lipinski definition) is 1. The first-order valence-electron chi connectivity index (χ1n) is 7.33. The Labute approximate surface area is 132 Å². The van der Waals surface area contributed by atoms with Gasteiger partial charge < -0.3 is 15.4 Å². The highest BCUT2D eigenvalue weighted by Gasteiger charge is 2.42. The molecule has 2 heterocycles. The molecule has 116 valence electrons. The molecule has 2 N–H and O–H groups in total. The highest BCUT2D eigenvalue weighted by molar-refractivity contribution is 5.94. The molecule has 1 unspecified atom stereocenters. The molecule has 0 saturated carbocycles. The van der Waals surface area contributed by atoms with Gasteiger partial charge in [0.15, 0.2) is 0 Å². The van der Waals surface area contributed by atoms with E-state index in [1.807, 2.05) is 36.1 Å². The Morgan fingerprint density at radius 2 is 1.90 bits per heavy atom. The minimum absolute atomic E-state index is 0.